The molecule has 0 bridgehead atoms. The van der Waals surface area contributed by atoms with Gasteiger partial charge in [-0.3, -0.25) is 4.68 Å². The third kappa shape index (κ3) is 6.10. The second-order valence-corrected chi connectivity index (χ2v) is 5.60. The van der Waals surface area contributed by atoms with Crippen LogP contribution in [0.25, 0.3) is 0 Å². The molecule has 4 heteroatoms. The first-order valence-corrected chi connectivity index (χ1v) is 7.65. The second kappa shape index (κ2) is 8.60. The highest BCUT2D eigenvalue weighted by Gasteiger charge is 2.00. The van der Waals surface area contributed by atoms with E-state index in [-0.39, 0.29) is 0 Å². The average Bonchev–Trinajstić information content (AvgIpc) is 2.89. The summed E-state index contributed by atoms with van der Waals surface area (Å²) in [5, 5.41) is 7.68. The predicted octanol–water partition coefficient (Wildman–Crippen LogP) is 2.07. The fourth-order valence-electron chi connectivity index (χ4n) is 2.41. The van der Waals surface area contributed by atoms with Gasteiger partial charge in [0.1, 0.15) is 0 Å². The van der Waals surface area contributed by atoms with E-state index in [4.69, 9.17) is 0 Å². The fraction of sp³-hybridized carbons (Fsp3) is 0.471. The Morgan fingerprint density at radius 1 is 1.14 bits per heavy atom. The van der Waals surface area contributed by atoms with Crippen LogP contribution in [0.5, 0.6) is 0 Å². The summed E-state index contributed by atoms with van der Waals surface area (Å²) in [6.45, 7) is 4.23. The Morgan fingerprint density at radius 3 is 2.67 bits per heavy atom. The Balaban J connectivity index is 1.51. The molecule has 0 aliphatic heterocycles. The van der Waals surface area contributed by atoms with E-state index >= 15 is 0 Å². The lowest BCUT2D eigenvalue weighted by Gasteiger charge is -2.16. The maximum atomic E-state index is 4.18. The van der Waals surface area contributed by atoms with E-state index in [0.29, 0.717) is 0 Å². The van der Waals surface area contributed by atoms with Crippen molar-refractivity contribution in [3.05, 3.63) is 53.9 Å². The van der Waals surface area contributed by atoms with Gasteiger partial charge in [0.15, 0.2) is 0 Å². The molecule has 0 unspecified atom stereocenters. The lowest BCUT2D eigenvalue weighted by molar-refractivity contribution is 0.320. The largest absolute Gasteiger partial charge is 0.316 e. The van der Waals surface area contributed by atoms with Gasteiger partial charge in [-0.05, 0) is 50.7 Å². The number of benzene rings is 1. The third-order valence-electron chi connectivity index (χ3n) is 3.54. The lowest BCUT2D eigenvalue weighted by atomic mass is 10.2. The minimum Gasteiger partial charge on any atom is -0.316 e. The highest BCUT2D eigenvalue weighted by molar-refractivity contribution is 5.14. The van der Waals surface area contributed by atoms with Crippen LogP contribution >= 0.6 is 0 Å². The number of hydrogen-bond donors (Lipinski definition) is 1. The molecule has 0 aliphatic carbocycles. The van der Waals surface area contributed by atoms with Crippen molar-refractivity contribution in [2.45, 2.75) is 19.4 Å². The van der Waals surface area contributed by atoms with E-state index in [1.807, 2.05) is 17.9 Å². The van der Waals surface area contributed by atoms with Crippen LogP contribution in [0.3, 0.4) is 0 Å². The van der Waals surface area contributed by atoms with Crippen LogP contribution in [0.4, 0.5) is 0 Å². The van der Waals surface area contributed by atoms with Crippen molar-refractivity contribution in [2.24, 2.45) is 7.05 Å². The van der Waals surface area contributed by atoms with Crippen LogP contribution in [0, 0.1) is 0 Å². The topological polar surface area (TPSA) is 33.1 Å². The molecule has 21 heavy (non-hydrogen) atoms. The molecular formula is C17H26N4. The van der Waals surface area contributed by atoms with Crippen molar-refractivity contribution in [3.63, 3.8) is 0 Å². The summed E-state index contributed by atoms with van der Waals surface area (Å²) >= 11 is 0. The van der Waals surface area contributed by atoms with E-state index < -0.39 is 0 Å². The molecule has 2 rings (SSSR count). The van der Waals surface area contributed by atoms with Crippen molar-refractivity contribution >= 4 is 0 Å². The number of hydrogen-bond acceptors (Lipinski definition) is 3. The van der Waals surface area contributed by atoms with Crippen LogP contribution in [0.1, 0.15) is 17.5 Å². The molecule has 0 saturated heterocycles. The molecule has 0 amide bonds. The van der Waals surface area contributed by atoms with Gasteiger partial charge >= 0.3 is 0 Å². The maximum Gasteiger partial charge on any atom is 0.0522 e. The van der Waals surface area contributed by atoms with Crippen LogP contribution in [-0.4, -0.2) is 41.4 Å². The van der Waals surface area contributed by atoms with Crippen LogP contribution in [0.15, 0.2) is 42.7 Å². The summed E-state index contributed by atoms with van der Waals surface area (Å²) in [6, 6.07) is 10.6. The number of nitrogens with zero attached hydrogens (tertiary/aromatic N) is 3. The Kier molecular flexibility index (Phi) is 6.44. The van der Waals surface area contributed by atoms with Crippen molar-refractivity contribution in [1.82, 2.24) is 20.0 Å². The molecule has 0 saturated carbocycles. The first kappa shape index (κ1) is 15.7. The minimum atomic E-state index is 1.02. The first-order chi connectivity index (χ1) is 10.2. The van der Waals surface area contributed by atoms with Crippen molar-refractivity contribution < 1.29 is 0 Å². The van der Waals surface area contributed by atoms with Crippen LogP contribution in [0.2, 0.25) is 0 Å². The van der Waals surface area contributed by atoms with Gasteiger partial charge in [-0.25, -0.2) is 0 Å². The zero-order valence-electron chi connectivity index (χ0n) is 13.1. The molecule has 114 valence electrons. The fourth-order valence-corrected chi connectivity index (χ4v) is 2.41. The van der Waals surface area contributed by atoms with Gasteiger partial charge in [0, 0.05) is 19.8 Å². The quantitative estimate of drug-likeness (QED) is 0.717. The van der Waals surface area contributed by atoms with E-state index in [1.54, 1.807) is 0 Å². The minimum absolute atomic E-state index is 1.02. The zero-order valence-corrected chi connectivity index (χ0v) is 13.1. The molecule has 0 aliphatic rings. The Bertz CT molecular complexity index is 507. The number of nitrogens with one attached hydrogen (secondary N) is 1. The van der Waals surface area contributed by atoms with Crippen molar-refractivity contribution in [3.8, 4) is 0 Å². The van der Waals surface area contributed by atoms with Gasteiger partial charge in [-0.15, -0.1) is 0 Å². The first-order valence-electron chi connectivity index (χ1n) is 7.65. The third-order valence-corrected chi connectivity index (χ3v) is 3.54. The molecule has 4 nitrogen and oxygen atoms in total. The normalized spacial score (nSPS) is 11.2. The van der Waals surface area contributed by atoms with E-state index in [1.165, 1.54) is 17.5 Å². The molecule has 1 aromatic heterocycles. The zero-order chi connectivity index (χ0) is 14.9. The summed E-state index contributed by atoms with van der Waals surface area (Å²) < 4.78 is 1.86. The summed E-state index contributed by atoms with van der Waals surface area (Å²) in [5.41, 5.74) is 2.68. The summed E-state index contributed by atoms with van der Waals surface area (Å²) in [6.07, 6.45) is 6.24. The maximum absolute atomic E-state index is 4.18. The number of aromatic nitrogens is 2. The Hall–Kier alpha value is -1.65. The summed E-state index contributed by atoms with van der Waals surface area (Å²) in [7, 11) is 4.14. The molecule has 0 fully saturated rings. The van der Waals surface area contributed by atoms with Gasteiger partial charge in [0.2, 0.25) is 0 Å². The molecule has 0 atom stereocenters. The Labute approximate surface area is 127 Å². The molecule has 0 radical (unpaired) electrons. The highest BCUT2D eigenvalue weighted by Crippen LogP contribution is 2.02. The monoisotopic (exact) mass is 286 g/mol. The SMILES string of the molecule is CN(CCCNCCc1cnn(C)c1)Cc1ccccc1. The van der Waals surface area contributed by atoms with Gasteiger partial charge in [0.25, 0.3) is 0 Å². The van der Waals surface area contributed by atoms with Gasteiger partial charge in [0.05, 0.1) is 6.20 Å². The molecule has 2 aromatic rings. The average molecular weight is 286 g/mol. The summed E-state index contributed by atoms with van der Waals surface area (Å²) in [5.74, 6) is 0. The van der Waals surface area contributed by atoms with Crippen LogP contribution < -0.4 is 5.32 Å². The molecule has 1 heterocycles. The lowest BCUT2D eigenvalue weighted by Crippen LogP contribution is -2.25. The number of rotatable bonds is 9. The van der Waals surface area contributed by atoms with Crippen molar-refractivity contribution in [1.29, 1.82) is 0 Å². The smallest absolute Gasteiger partial charge is 0.0522 e. The van der Waals surface area contributed by atoms with Crippen LogP contribution in [-0.2, 0) is 20.0 Å². The van der Waals surface area contributed by atoms with E-state index in [9.17, 15) is 0 Å². The van der Waals surface area contributed by atoms with E-state index in [2.05, 4.69) is 58.9 Å². The van der Waals surface area contributed by atoms with E-state index in [0.717, 1.165) is 32.6 Å². The highest BCUT2D eigenvalue weighted by atomic mass is 15.2. The standard InChI is InChI=1S/C17H26N4/c1-20(14-16-7-4-3-5-8-16)12-6-10-18-11-9-17-13-19-21(2)15-17/h3-5,7-8,13,15,18H,6,9-12,14H2,1-2H3. The molecule has 1 aromatic carbocycles. The van der Waals surface area contributed by atoms with Gasteiger partial charge in [-0.1, -0.05) is 30.3 Å². The molecule has 1 N–H and O–H groups in total. The summed E-state index contributed by atoms with van der Waals surface area (Å²) in [4.78, 5) is 2.37. The van der Waals surface area contributed by atoms with Crippen molar-refractivity contribution in [2.75, 3.05) is 26.7 Å². The second-order valence-electron chi connectivity index (χ2n) is 5.60. The van der Waals surface area contributed by atoms with Gasteiger partial charge in [-0.2, -0.15) is 5.10 Å². The Morgan fingerprint density at radius 2 is 1.95 bits per heavy atom. The molecular weight excluding hydrogens is 260 g/mol. The predicted molar refractivity (Wildman–Crippen MR) is 87.2 cm³/mol. The molecule has 0 spiro atoms. The van der Waals surface area contributed by atoms with Gasteiger partial charge < -0.3 is 10.2 Å². The number of aryl methyl sites for hydroxylation is 1.